The molecular weight excluding hydrogens is 576 g/mol. The fourth-order valence-corrected chi connectivity index (χ4v) is 6.92. The van der Waals surface area contributed by atoms with Crippen LogP contribution in [-0.2, 0) is 9.59 Å². The molecule has 3 aliphatic rings. The van der Waals surface area contributed by atoms with Gasteiger partial charge in [0.1, 0.15) is 11.5 Å². The van der Waals surface area contributed by atoms with Crippen molar-refractivity contribution in [3.05, 3.63) is 88.6 Å². The maximum absolute atomic E-state index is 14.2. The lowest BCUT2D eigenvalue weighted by Crippen LogP contribution is -2.52. The number of methoxy groups -OCH3 is 2. The van der Waals surface area contributed by atoms with Crippen molar-refractivity contribution in [3.63, 3.8) is 0 Å². The lowest BCUT2D eigenvalue weighted by atomic mass is 9.73. The van der Waals surface area contributed by atoms with E-state index in [9.17, 15) is 9.59 Å². The fraction of sp³-hybridized carbons (Fsp3) is 0.371. The lowest BCUT2D eigenvalue weighted by molar-refractivity contribution is -0.130. The second-order valence-corrected chi connectivity index (χ2v) is 12.9. The Hall–Kier alpha value is -4.17. The molecule has 1 aliphatic carbocycles. The number of anilines is 3. The third-order valence-electron chi connectivity index (χ3n) is 8.85. The van der Waals surface area contributed by atoms with Crippen LogP contribution in [0.2, 0.25) is 5.02 Å². The standard InChI is InChI=1S/C35H39ClN4O4/c1-35(2)20-28-33(30(41)21-35)34(26-19-25(43-3)12-13-31(26)44-4)40(29-11-6-5-10-27(29)37-28)22-32(42)39-16-14-38(15-17-39)24-9-7-8-23(36)18-24/h5-13,18-19,34,37H,14-17,20-22H2,1-4H3. The predicted octanol–water partition coefficient (Wildman–Crippen LogP) is 6.32. The average Bonchev–Trinajstić information content (AvgIpc) is 3.14. The molecule has 1 atom stereocenters. The largest absolute Gasteiger partial charge is 0.497 e. The number of halogens is 1. The summed E-state index contributed by atoms with van der Waals surface area (Å²) in [7, 11) is 3.25. The van der Waals surface area contributed by atoms with Gasteiger partial charge in [0, 0.05) is 60.1 Å². The highest BCUT2D eigenvalue weighted by molar-refractivity contribution is 6.30. The topological polar surface area (TPSA) is 74.3 Å². The second kappa shape index (κ2) is 12.1. The normalized spacial score (nSPS) is 19.5. The Bertz CT molecular complexity index is 1610. The van der Waals surface area contributed by atoms with Crippen molar-refractivity contribution in [1.82, 2.24) is 4.90 Å². The SMILES string of the molecule is COc1ccc(OC)c(C2C3=C(CC(C)(C)CC3=O)Nc3ccccc3N2CC(=O)N2CCN(c3cccc(Cl)c3)CC2)c1. The lowest BCUT2D eigenvalue weighted by Gasteiger charge is -2.40. The number of hydrogen-bond acceptors (Lipinski definition) is 7. The number of hydrogen-bond donors (Lipinski definition) is 1. The molecule has 9 heteroatoms. The fourth-order valence-electron chi connectivity index (χ4n) is 6.74. The number of nitrogens with zero attached hydrogens (tertiary/aromatic N) is 3. The number of amides is 1. The van der Waals surface area contributed by atoms with Crippen LogP contribution >= 0.6 is 11.6 Å². The molecule has 0 aromatic heterocycles. The van der Waals surface area contributed by atoms with Crippen LogP contribution in [-0.4, -0.2) is 63.5 Å². The van der Waals surface area contributed by atoms with Gasteiger partial charge in [0.05, 0.1) is 38.2 Å². The molecule has 0 spiro atoms. The number of rotatable bonds is 6. The van der Waals surface area contributed by atoms with Crippen molar-refractivity contribution in [2.24, 2.45) is 5.41 Å². The van der Waals surface area contributed by atoms with Crippen molar-refractivity contribution < 1.29 is 19.1 Å². The molecule has 1 amide bonds. The number of carbonyl (C=O) groups is 2. The first-order valence-electron chi connectivity index (χ1n) is 15.1. The molecule has 2 heterocycles. The van der Waals surface area contributed by atoms with Gasteiger partial charge >= 0.3 is 0 Å². The molecule has 0 saturated carbocycles. The number of Topliss-reactive ketones (excluding diaryl/α,β-unsaturated/α-hetero) is 1. The smallest absolute Gasteiger partial charge is 0.242 e. The van der Waals surface area contributed by atoms with Crippen LogP contribution < -0.4 is 24.6 Å². The van der Waals surface area contributed by atoms with Crippen molar-refractivity contribution in [2.45, 2.75) is 32.7 Å². The molecule has 3 aromatic rings. The Morgan fingerprint density at radius 2 is 1.73 bits per heavy atom. The second-order valence-electron chi connectivity index (χ2n) is 12.5. The summed E-state index contributed by atoms with van der Waals surface area (Å²) in [6.45, 7) is 6.94. The van der Waals surface area contributed by atoms with E-state index in [2.05, 4.69) is 29.0 Å². The van der Waals surface area contributed by atoms with Crippen LogP contribution in [0.15, 0.2) is 78.0 Å². The molecule has 230 valence electrons. The average molecular weight is 615 g/mol. The zero-order valence-electron chi connectivity index (χ0n) is 25.7. The number of piperazine rings is 1. The van der Waals surface area contributed by atoms with Crippen LogP contribution in [0.4, 0.5) is 17.1 Å². The van der Waals surface area contributed by atoms with Crippen LogP contribution in [0, 0.1) is 5.41 Å². The molecule has 1 unspecified atom stereocenters. The van der Waals surface area contributed by atoms with E-state index in [4.69, 9.17) is 21.1 Å². The molecule has 3 aromatic carbocycles. The quantitative estimate of drug-likeness (QED) is 0.348. The van der Waals surface area contributed by atoms with Gasteiger partial charge in [-0.25, -0.2) is 0 Å². The Labute approximate surface area is 264 Å². The van der Waals surface area contributed by atoms with Crippen molar-refractivity contribution >= 4 is 40.4 Å². The number of nitrogens with one attached hydrogen (secondary N) is 1. The van der Waals surface area contributed by atoms with Gasteiger partial charge in [0.25, 0.3) is 0 Å². The molecular formula is C35H39ClN4O4. The summed E-state index contributed by atoms with van der Waals surface area (Å²) in [5.41, 5.74) is 4.92. The van der Waals surface area contributed by atoms with E-state index in [1.54, 1.807) is 14.2 Å². The summed E-state index contributed by atoms with van der Waals surface area (Å²) in [4.78, 5) is 34.5. The number of benzene rings is 3. The number of carbonyl (C=O) groups excluding carboxylic acids is 2. The third-order valence-corrected chi connectivity index (χ3v) is 9.08. The van der Waals surface area contributed by atoms with Gasteiger partial charge in [0.2, 0.25) is 5.91 Å². The van der Waals surface area contributed by atoms with Gasteiger partial charge in [-0.05, 0) is 60.4 Å². The summed E-state index contributed by atoms with van der Waals surface area (Å²) in [5.74, 6) is 1.36. The molecule has 8 nitrogen and oxygen atoms in total. The zero-order valence-corrected chi connectivity index (χ0v) is 26.5. The number of ketones is 1. The molecule has 1 fully saturated rings. The minimum atomic E-state index is -0.563. The Kier molecular flexibility index (Phi) is 8.20. The van der Waals surface area contributed by atoms with Crippen LogP contribution in [0.25, 0.3) is 0 Å². The summed E-state index contributed by atoms with van der Waals surface area (Å²) >= 11 is 6.24. The van der Waals surface area contributed by atoms with E-state index >= 15 is 0 Å². The predicted molar refractivity (Wildman–Crippen MR) is 175 cm³/mol. The molecule has 2 aliphatic heterocycles. The van der Waals surface area contributed by atoms with Gasteiger partial charge in [-0.2, -0.15) is 0 Å². The highest BCUT2D eigenvalue weighted by Gasteiger charge is 2.43. The molecule has 6 rings (SSSR count). The minimum Gasteiger partial charge on any atom is -0.497 e. The van der Waals surface area contributed by atoms with E-state index < -0.39 is 6.04 Å². The number of allylic oxidation sites excluding steroid dienone is 1. The molecule has 1 saturated heterocycles. The van der Waals surface area contributed by atoms with Gasteiger partial charge in [0.15, 0.2) is 5.78 Å². The van der Waals surface area contributed by atoms with Gasteiger partial charge in [-0.3, -0.25) is 9.59 Å². The molecule has 1 N–H and O–H groups in total. The van der Waals surface area contributed by atoms with Crippen molar-refractivity contribution in [3.8, 4) is 11.5 Å². The van der Waals surface area contributed by atoms with Gasteiger partial charge in [-0.1, -0.05) is 43.6 Å². The Balaban J connectivity index is 1.40. The first-order valence-corrected chi connectivity index (χ1v) is 15.4. The Morgan fingerprint density at radius 3 is 2.45 bits per heavy atom. The first-order chi connectivity index (χ1) is 21.2. The number of para-hydroxylation sites is 2. The molecule has 0 bridgehead atoms. The van der Waals surface area contributed by atoms with Crippen LogP contribution in [0.3, 0.4) is 0 Å². The van der Waals surface area contributed by atoms with Gasteiger partial charge < -0.3 is 29.5 Å². The Morgan fingerprint density at radius 1 is 0.955 bits per heavy atom. The van der Waals surface area contributed by atoms with E-state index in [1.165, 1.54) is 0 Å². The highest BCUT2D eigenvalue weighted by atomic mass is 35.5. The number of fused-ring (bicyclic) bond motifs is 1. The maximum Gasteiger partial charge on any atom is 0.242 e. The van der Waals surface area contributed by atoms with E-state index in [1.807, 2.05) is 71.6 Å². The maximum atomic E-state index is 14.2. The minimum absolute atomic E-state index is 0.00467. The first kappa shape index (κ1) is 29.9. The summed E-state index contributed by atoms with van der Waals surface area (Å²) in [6.07, 6.45) is 1.12. The van der Waals surface area contributed by atoms with E-state index in [0.717, 1.165) is 28.3 Å². The van der Waals surface area contributed by atoms with E-state index in [-0.39, 0.29) is 23.7 Å². The zero-order chi connectivity index (χ0) is 31.0. The van der Waals surface area contributed by atoms with E-state index in [0.29, 0.717) is 61.1 Å². The van der Waals surface area contributed by atoms with Gasteiger partial charge in [-0.15, -0.1) is 0 Å². The van der Waals surface area contributed by atoms with Crippen LogP contribution in [0.5, 0.6) is 11.5 Å². The monoisotopic (exact) mass is 614 g/mol. The van der Waals surface area contributed by atoms with Crippen molar-refractivity contribution in [2.75, 3.05) is 62.1 Å². The number of ether oxygens (including phenoxy) is 2. The highest BCUT2D eigenvalue weighted by Crippen LogP contribution is 2.50. The summed E-state index contributed by atoms with van der Waals surface area (Å²) in [5, 5.41) is 4.32. The summed E-state index contributed by atoms with van der Waals surface area (Å²) in [6, 6.07) is 20.9. The van der Waals surface area contributed by atoms with Crippen LogP contribution in [0.1, 0.15) is 38.3 Å². The van der Waals surface area contributed by atoms with Crippen molar-refractivity contribution in [1.29, 1.82) is 0 Å². The summed E-state index contributed by atoms with van der Waals surface area (Å²) < 4.78 is 11.5. The molecule has 44 heavy (non-hydrogen) atoms. The molecule has 0 radical (unpaired) electrons. The third kappa shape index (κ3) is 5.83.